The smallest absolute Gasteiger partial charge is 0.343 e. The van der Waals surface area contributed by atoms with Crippen molar-refractivity contribution in [3.05, 3.63) is 41.5 Å². The molecule has 0 heterocycles. The molecule has 0 amide bonds. The molecule has 96 valence electrons. The predicted octanol–water partition coefficient (Wildman–Crippen LogP) is 2.61. The second-order valence-electron chi connectivity index (χ2n) is 3.62. The zero-order valence-electron chi connectivity index (χ0n) is 10.8. The first-order valence-electron chi connectivity index (χ1n) is 5.71. The number of ether oxygens (including phenoxy) is 1. The molecule has 0 aliphatic heterocycles. The minimum atomic E-state index is -0.568. The highest BCUT2D eigenvalue weighted by atomic mass is 16.5. The van der Waals surface area contributed by atoms with Crippen molar-refractivity contribution < 1.29 is 14.6 Å². The number of rotatable bonds is 4. The second-order valence-corrected chi connectivity index (χ2v) is 3.62. The summed E-state index contributed by atoms with van der Waals surface area (Å²) in [7, 11) is 1.56. The fourth-order valence-corrected chi connectivity index (χ4v) is 1.47. The van der Waals surface area contributed by atoms with Crippen LogP contribution in [0.1, 0.15) is 19.4 Å². The summed E-state index contributed by atoms with van der Waals surface area (Å²) in [4.78, 5) is 15.8. The highest BCUT2D eigenvalue weighted by Gasteiger charge is 2.20. The van der Waals surface area contributed by atoms with E-state index in [1.807, 2.05) is 6.07 Å². The number of hydrogen-bond donors (Lipinski definition) is 1. The van der Waals surface area contributed by atoms with Crippen LogP contribution in [-0.4, -0.2) is 30.4 Å². The van der Waals surface area contributed by atoms with E-state index < -0.39 is 5.97 Å². The van der Waals surface area contributed by atoms with Crippen LogP contribution in [0.2, 0.25) is 0 Å². The molecule has 1 aromatic rings. The number of hydrogen-bond acceptors (Lipinski definition) is 4. The first-order valence-corrected chi connectivity index (χ1v) is 5.71. The van der Waals surface area contributed by atoms with Gasteiger partial charge in [0, 0.05) is 18.3 Å². The lowest BCUT2D eigenvalue weighted by atomic mass is 10.1. The van der Waals surface area contributed by atoms with Gasteiger partial charge in [-0.3, -0.25) is 4.99 Å². The molecule has 0 aliphatic carbocycles. The molecule has 4 heteroatoms. The van der Waals surface area contributed by atoms with Crippen LogP contribution in [0.25, 0.3) is 5.76 Å². The van der Waals surface area contributed by atoms with Gasteiger partial charge in [-0.1, -0.05) is 30.3 Å². The van der Waals surface area contributed by atoms with Crippen molar-refractivity contribution in [3.63, 3.8) is 0 Å². The van der Waals surface area contributed by atoms with E-state index in [2.05, 4.69) is 4.99 Å². The van der Waals surface area contributed by atoms with Gasteiger partial charge in [-0.2, -0.15) is 0 Å². The summed E-state index contributed by atoms with van der Waals surface area (Å²) < 4.78 is 4.93. The Hall–Kier alpha value is -2.10. The number of carbonyl (C=O) groups excluding carboxylic acids is 1. The van der Waals surface area contributed by atoms with E-state index in [0.717, 1.165) is 0 Å². The molecule has 1 N–H and O–H groups in total. The Morgan fingerprint density at radius 3 is 2.44 bits per heavy atom. The van der Waals surface area contributed by atoms with Gasteiger partial charge in [-0.05, 0) is 13.8 Å². The van der Waals surface area contributed by atoms with E-state index in [-0.39, 0.29) is 17.9 Å². The van der Waals surface area contributed by atoms with Gasteiger partial charge in [0.05, 0.1) is 6.61 Å². The Morgan fingerprint density at radius 1 is 1.33 bits per heavy atom. The normalized spacial score (nSPS) is 12.9. The van der Waals surface area contributed by atoms with Gasteiger partial charge in [0.2, 0.25) is 0 Å². The van der Waals surface area contributed by atoms with Gasteiger partial charge in [0.1, 0.15) is 11.3 Å². The zero-order valence-corrected chi connectivity index (χ0v) is 10.8. The third-order valence-corrected chi connectivity index (χ3v) is 2.46. The Labute approximate surface area is 107 Å². The number of benzene rings is 1. The molecule has 0 saturated carbocycles. The number of nitrogens with zero attached hydrogens (tertiary/aromatic N) is 1. The fourth-order valence-electron chi connectivity index (χ4n) is 1.47. The quantitative estimate of drug-likeness (QED) is 0.385. The average molecular weight is 247 g/mol. The van der Waals surface area contributed by atoms with Crippen molar-refractivity contribution >= 4 is 17.4 Å². The first-order chi connectivity index (χ1) is 8.61. The second kappa shape index (κ2) is 6.59. The van der Waals surface area contributed by atoms with Crippen LogP contribution in [0.3, 0.4) is 0 Å². The number of esters is 1. The van der Waals surface area contributed by atoms with Crippen LogP contribution in [0.5, 0.6) is 0 Å². The molecule has 0 saturated heterocycles. The first kappa shape index (κ1) is 14.0. The maximum absolute atomic E-state index is 11.8. The molecule has 0 spiro atoms. The number of aliphatic hydroxyl groups is 1. The Morgan fingerprint density at radius 2 is 1.94 bits per heavy atom. The third kappa shape index (κ3) is 3.20. The lowest BCUT2D eigenvalue weighted by Gasteiger charge is -2.09. The predicted molar refractivity (Wildman–Crippen MR) is 71.7 cm³/mol. The average Bonchev–Trinajstić information content (AvgIpc) is 2.40. The topological polar surface area (TPSA) is 58.9 Å². The largest absolute Gasteiger partial charge is 0.506 e. The molecular formula is C14H17NO3. The van der Waals surface area contributed by atoms with Crippen LogP contribution in [0.15, 0.2) is 40.9 Å². The molecule has 1 rings (SSSR count). The molecule has 0 radical (unpaired) electrons. The van der Waals surface area contributed by atoms with E-state index in [9.17, 15) is 9.90 Å². The summed E-state index contributed by atoms with van der Waals surface area (Å²) in [5.74, 6) is -0.681. The van der Waals surface area contributed by atoms with Crippen LogP contribution >= 0.6 is 0 Å². The van der Waals surface area contributed by atoms with Crippen molar-refractivity contribution in [2.24, 2.45) is 4.99 Å². The van der Waals surface area contributed by atoms with Gasteiger partial charge < -0.3 is 9.84 Å². The van der Waals surface area contributed by atoms with E-state index in [4.69, 9.17) is 4.74 Å². The molecule has 18 heavy (non-hydrogen) atoms. The van der Waals surface area contributed by atoms with Crippen LogP contribution in [0, 0.1) is 0 Å². The number of aliphatic hydroxyl groups excluding tert-OH is 1. The van der Waals surface area contributed by atoms with Gasteiger partial charge in [-0.25, -0.2) is 4.79 Å². The SMILES string of the molecule is CCOC(=O)C(C(C)=NC)=C(O)c1ccccc1. The minimum absolute atomic E-state index is 0.102. The van der Waals surface area contributed by atoms with Crippen LogP contribution < -0.4 is 0 Å². The van der Waals surface area contributed by atoms with Crippen molar-refractivity contribution in [1.82, 2.24) is 0 Å². The lowest BCUT2D eigenvalue weighted by Crippen LogP contribution is -2.16. The summed E-state index contributed by atoms with van der Waals surface area (Å²) in [6.07, 6.45) is 0. The Bertz CT molecular complexity index is 475. The molecule has 0 aliphatic rings. The summed E-state index contributed by atoms with van der Waals surface area (Å²) in [6, 6.07) is 8.84. The van der Waals surface area contributed by atoms with E-state index in [1.165, 1.54) is 0 Å². The summed E-state index contributed by atoms with van der Waals surface area (Å²) in [5.41, 5.74) is 1.10. The lowest BCUT2D eigenvalue weighted by molar-refractivity contribution is -0.137. The van der Waals surface area contributed by atoms with E-state index in [1.54, 1.807) is 45.2 Å². The highest BCUT2D eigenvalue weighted by Crippen LogP contribution is 2.18. The summed E-state index contributed by atoms with van der Waals surface area (Å²) in [5, 5.41) is 10.2. The fraction of sp³-hybridized carbons (Fsp3) is 0.286. The van der Waals surface area contributed by atoms with Gasteiger partial charge >= 0.3 is 5.97 Å². The molecule has 0 unspecified atom stereocenters. The molecule has 0 aromatic heterocycles. The Balaban J connectivity index is 3.28. The molecule has 0 bridgehead atoms. The van der Waals surface area contributed by atoms with E-state index >= 15 is 0 Å². The minimum Gasteiger partial charge on any atom is -0.506 e. The third-order valence-electron chi connectivity index (χ3n) is 2.46. The van der Waals surface area contributed by atoms with Gasteiger partial charge in [0.15, 0.2) is 0 Å². The number of aliphatic imine (C=N–C) groups is 1. The van der Waals surface area contributed by atoms with Gasteiger partial charge in [-0.15, -0.1) is 0 Å². The monoisotopic (exact) mass is 247 g/mol. The Kier molecular flexibility index (Phi) is 5.11. The molecule has 4 nitrogen and oxygen atoms in total. The van der Waals surface area contributed by atoms with E-state index in [0.29, 0.717) is 11.3 Å². The zero-order chi connectivity index (χ0) is 13.5. The van der Waals surface area contributed by atoms with Crippen molar-refractivity contribution in [1.29, 1.82) is 0 Å². The van der Waals surface area contributed by atoms with Crippen LogP contribution in [0.4, 0.5) is 0 Å². The van der Waals surface area contributed by atoms with Crippen molar-refractivity contribution in [2.45, 2.75) is 13.8 Å². The standard InChI is InChI=1S/C14H17NO3/c1-4-18-14(17)12(10(2)15-3)13(16)11-8-6-5-7-9-11/h5-9,16H,4H2,1-3H3. The molecule has 1 aromatic carbocycles. The van der Waals surface area contributed by atoms with Crippen LogP contribution in [-0.2, 0) is 9.53 Å². The summed E-state index contributed by atoms with van der Waals surface area (Å²) >= 11 is 0. The van der Waals surface area contributed by atoms with Crippen molar-refractivity contribution in [2.75, 3.05) is 13.7 Å². The molecule has 0 atom stereocenters. The van der Waals surface area contributed by atoms with Crippen molar-refractivity contribution in [3.8, 4) is 0 Å². The van der Waals surface area contributed by atoms with Gasteiger partial charge in [0.25, 0.3) is 0 Å². The number of carbonyl (C=O) groups is 1. The maximum atomic E-state index is 11.8. The highest BCUT2D eigenvalue weighted by molar-refractivity contribution is 6.23. The molecule has 0 fully saturated rings. The summed E-state index contributed by atoms with van der Waals surface area (Å²) in [6.45, 7) is 3.63. The molecular weight excluding hydrogens is 230 g/mol. The maximum Gasteiger partial charge on any atom is 0.343 e.